The molecule has 0 atom stereocenters. The molecule has 25 heavy (non-hydrogen) atoms. The van der Waals surface area contributed by atoms with Crippen molar-refractivity contribution in [1.82, 2.24) is 29.5 Å². The molecule has 0 amide bonds. The van der Waals surface area contributed by atoms with Crippen molar-refractivity contribution in [3.63, 3.8) is 0 Å². The Bertz CT molecular complexity index is 1090. The molecule has 1 N–H and O–H groups in total. The normalized spacial score (nSPS) is 11.5. The van der Waals surface area contributed by atoms with Crippen LogP contribution < -0.4 is 5.56 Å². The van der Waals surface area contributed by atoms with Crippen molar-refractivity contribution in [2.24, 2.45) is 5.92 Å². The molecule has 0 aliphatic heterocycles. The number of fused-ring (bicyclic) bond motifs is 1. The lowest BCUT2D eigenvalue weighted by atomic mass is 10.1. The van der Waals surface area contributed by atoms with Gasteiger partial charge in [0.25, 0.3) is 5.89 Å². The minimum absolute atomic E-state index is 0.186. The lowest BCUT2D eigenvalue weighted by Crippen LogP contribution is -2.10. The average Bonchev–Trinajstić information content (AvgIpc) is 3.20. The zero-order valence-corrected chi connectivity index (χ0v) is 13.8. The first-order chi connectivity index (χ1) is 12.1. The van der Waals surface area contributed by atoms with Crippen molar-refractivity contribution in [3.05, 3.63) is 53.0 Å². The summed E-state index contributed by atoms with van der Waals surface area (Å²) in [4.78, 5) is 27.5. The third kappa shape index (κ3) is 2.93. The number of aromatic nitrogens is 6. The highest BCUT2D eigenvalue weighted by molar-refractivity contribution is 5.60. The summed E-state index contributed by atoms with van der Waals surface area (Å²) in [5.41, 5.74) is 2.65. The number of hydrogen-bond acceptors (Lipinski definition) is 6. The highest BCUT2D eigenvalue weighted by Crippen LogP contribution is 2.22. The van der Waals surface area contributed by atoms with Gasteiger partial charge in [-0.15, -0.1) is 0 Å². The molecule has 126 valence electrons. The molecule has 4 aromatic rings. The maximum atomic E-state index is 11.9. The summed E-state index contributed by atoms with van der Waals surface area (Å²) in [5.74, 6) is 1.13. The molecular weight excluding hydrogens is 320 g/mol. The maximum Gasteiger partial charge on any atom is 0.258 e. The van der Waals surface area contributed by atoms with Crippen LogP contribution in [0.4, 0.5) is 0 Å². The number of hydrogen-bond donors (Lipinski definition) is 1. The fraction of sp³-hybridized carbons (Fsp3) is 0.235. The predicted molar refractivity (Wildman–Crippen MR) is 90.9 cm³/mol. The van der Waals surface area contributed by atoms with E-state index in [9.17, 15) is 4.79 Å². The van der Waals surface area contributed by atoms with E-state index in [-0.39, 0.29) is 5.56 Å². The monoisotopic (exact) mass is 336 g/mol. The van der Waals surface area contributed by atoms with E-state index in [1.165, 1.54) is 6.07 Å². The van der Waals surface area contributed by atoms with E-state index >= 15 is 0 Å². The van der Waals surface area contributed by atoms with Gasteiger partial charge in [-0.05, 0) is 18.4 Å². The number of H-pyrrole nitrogens is 1. The Morgan fingerprint density at radius 1 is 1.28 bits per heavy atom. The molecule has 0 radical (unpaired) electrons. The van der Waals surface area contributed by atoms with Crippen molar-refractivity contribution in [1.29, 1.82) is 0 Å². The summed E-state index contributed by atoms with van der Waals surface area (Å²) < 4.78 is 7.19. The molecule has 0 aliphatic carbocycles. The van der Waals surface area contributed by atoms with Crippen molar-refractivity contribution in [2.45, 2.75) is 20.3 Å². The van der Waals surface area contributed by atoms with Crippen LogP contribution in [0.1, 0.15) is 19.5 Å². The van der Waals surface area contributed by atoms with Crippen LogP contribution in [-0.4, -0.2) is 29.5 Å². The highest BCUT2D eigenvalue weighted by atomic mass is 16.5. The minimum Gasteiger partial charge on any atom is -0.334 e. The molecular formula is C17H16N6O2. The van der Waals surface area contributed by atoms with Crippen LogP contribution in [0.3, 0.4) is 0 Å². The molecule has 0 saturated heterocycles. The standard InChI is InChI=1S/C17H16N6O2/c1-10(2)5-12-6-11(7-15(24)20-12)17-21-16(22-25-17)13-8-19-14-9-18-3-4-23(13)14/h3-4,6-10H,5H2,1-2H3,(H,20,24). The fourth-order valence-electron chi connectivity index (χ4n) is 2.73. The number of rotatable bonds is 4. The minimum atomic E-state index is -0.186. The Labute approximate surface area is 142 Å². The molecule has 0 fully saturated rings. The van der Waals surface area contributed by atoms with E-state index < -0.39 is 0 Å². The van der Waals surface area contributed by atoms with Gasteiger partial charge in [0, 0.05) is 29.7 Å². The molecule has 0 bridgehead atoms. The molecule has 0 saturated carbocycles. The second kappa shape index (κ2) is 5.97. The van der Waals surface area contributed by atoms with Crippen LogP contribution in [0.5, 0.6) is 0 Å². The van der Waals surface area contributed by atoms with Gasteiger partial charge in [-0.25, -0.2) is 4.98 Å². The Morgan fingerprint density at radius 2 is 2.16 bits per heavy atom. The summed E-state index contributed by atoms with van der Waals surface area (Å²) in [5, 5.41) is 4.03. The van der Waals surface area contributed by atoms with E-state index in [0.717, 1.165) is 12.1 Å². The maximum absolute atomic E-state index is 11.9. The van der Waals surface area contributed by atoms with Crippen LogP contribution in [0.25, 0.3) is 28.6 Å². The first-order valence-corrected chi connectivity index (χ1v) is 7.95. The third-order valence-corrected chi connectivity index (χ3v) is 3.75. The summed E-state index contributed by atoms with van der Waals surface area (Å²) in [6.45, 7) is 4.19. The van der Waals surface area contributed by atoms with E-state index in [0.29, 0.717) is 34.5 Å². The lowest BCUT2D eigenvalue weighted by molar-refractivity contribution is 0.432. The number of pyridine rings is 1. The second-order valence-corrected chi connectivity index (χ2v) is 6.23. The first kappa shape index (κ1) is 15.3. The van der Waals surface area contributed by atoms with Gasteiger partial charge in [-0.1, -0.05) is 19.0 Å². The second-order valence-electron chi connectivity index (χ2n) is 6.23. The van der Waals surface area contributed by atoms with Crippen LogP contribution in [0.2, 0.25) is 0 Å². The topological polar surface area (TPSA) is 102 Å². The average molecular weight is 336 g/mol. The van der Waals surface area contributed by atoms with E-state index in [1.807, 2.05) is 10.5 Å². The molecule has 8 heteroatoms. The zero-order valence-electron chi connectivity index (χ0n) is 13.8. The number of imidazole rings is 1. The summed E-state index contributed by atoms with van der Waals surface area (Å²) in [7, 11) is 0. The van der Waals surface area contributed by atoms with Crippen LogP contribution in [0.15, 0.2) is 46.2 Å². The lowest BCUT2D eigenvalue weighted by Gasteiger charge is -2.05. The van der Waals surface area contributed by atoms with E-state index in [1.54, 1.807) is 24.8 Å². The Kier molecular flexibility index (Phi) is 3.64. The molecule has 0 spiro atoms. The Hall–Kier alpha value is -3.29. The zero-order chi connectivity index (χ0) is 17.4. The van der Waals surface area contributed by atoms with Crippen LogP contribution in [-0.2, 0) is 6.42 Å². The molecule has 4 heterocycles. The van der Waals surface area contributed by atoms with Gasteiger partial charge in [0.1, 0.15) is 5.69 Å². The first-order valence-electron chi connectivity index (χ1n) is 7.95. The molecule has 0 unspecified atom stereocenters. The molecule has 4 rings (SSSR count). The SMILES string of the molecule is CC(C)Cc1cc(-c2nc(-c3cnc4cnccn34)no2)cc(=O)[nH]1. The van der Waals surface area contributed by atoms with Gasteiger partial charge in [0.2, 0.25) is 11.4 Å². The molecule has 8 nitrogen and oxygen atoms in total. The molecule has 4 aromatic heterocycles. The summed E-state index contributed by atoms with van der Waals surface area (Å²) >= 11 is 0. The third-order valence-electron chi connectivity index (χ3n) is 3.75. The van der Waals surface area contributed by atoms with Crippen molar-refractivity contribution < 1.29 is 4.52 Å². The molecule has 0 aromatic carbocycles. The van der Waals surface area contributed by atoms with Crippen LogP contribution >= 0.6 is 0 Å². The van der Waals surface area contributed by atoms with Gasteiger partial charge < -0.3 is 9.51 Å². The van der Waals surface area contributed by atoms with Crippen molar-refractivity contribution in [2.75, 3.05) is 0 Å². The largest absolute Gasteiger partial charge is 0.334 e. The van der Waals surface area contributed by atoms with Gasteiger partial charge in [-0.3, -0.25) is 14.2 Å². The van der Waals surface area contributed by atoms with E-state index in [2.05, 4.69) is 38.9 Å². The van der Waals surface area contributed by atoms with Gasteiger partial charge in [-0.2, -0.15) is 4.98 Å². The summed E-state index contributed by atoms with van der Waals surface area (Å²) in [6.07, 6.45) is 7.52. The van der Waals surface area contributed by atoms with Gasteiger partial charge in [0.15, 0.2) is 5.65 Å². The molecule has 0 aliphatic rings. The number of nitrogens with one attached hydrogen (secondary N) is 1. The van der Waals surface area contributed by atoms with Crippen molar-refractivity contribution >= 4 is 5.65 Å². The van der Waals surface area contributed by atoms with Crippen molar-refractivity contribution in [3.8, 4) is 23.0 Å². The fourth-order valence-corrected chi connectivity index (χ4v) is 2.73. The van der Waals surface area contributed by atoms with Gasteiger partial charge >= 0.3 is 0 Å². The highest BCUT2D eigenvalue weighted by Gasteiger charge is 2.15. The number of aromatic amines is 1. The van der Waals surface area contributed by atoms with Crippen LogP contribution in [0, 0.1) is 5.92 Å². The Balaban J connectivity index is 1.74. The Morgan fingerprint density at radius 3 is 3.00 bits per heavy atom. The predicted octanol–water partition coefficient (Wildman–Crippen LogP) is 2.33. The number of nitrogens with zero attached hydrogens (tertiary/aromatic N) is 5. The smallest absolute Gasteiger partial charge is 0.258 e. The summed E-state index contributed by atoms with van der Waals surface area (Å²) in [6, 6.07) is 3.33. The quantitative estimate of drug-likeness (QED) is 0.613. The van der Waals surface area contributed by atoms with E-state index in [4.69, 9.17) is 4.52 Å². The van der Waals surface area contributed by atoms with Gasteiger partial charge in [0.05, 0.1) is 12.4 Å².